The highest BCUT2D eigenvalue weighted by Gasteiger charge is 2.09. The molecule has 0 radical (unpaired) electrons. The molecule has 0 aliphatic carbocycles. The number of aryl methyl sites for hydroxylation is 2. The zero-order chi connectivity index (χ0) is 24.2. The fourth-order valence-corrected chi connectivity index (χ4v) is 3.44. The molecule has 0 amide bonds. The van der Waals surface area contributed by atoms with E-state index in [1.165, 1.54) is 11.6 Å². The summed E-state index contributed by atoms with van der Waals surface area (Å²) in [4.78, 5) is 12.4. The van der Waals surface area contributed by atoms with E-state index in [0.29, 0.717) is 11.3 Å². The average Bonchev–Trinajstić information content (AvgIpc) is 2.85. The maximum absolute atomic E-state index is 14.3. The van der Waals surface area contributed by atoms with Crippen LogP contribution in [0.25, 0.3) is 0 Å². The molecule has 3 nitrogen and oxygen atoms in total. The molecule has 0 atom stereocenters. The summed E-state index contributed by atoms with van der Waals surface area (Å²) in [6.45, 7) is 4.20. The lowest BCUT2D eigenvalue weighted by Crippen LogP contribution is -2.08. The monoisotopic (exact) mass is 458 g/mol. The van der Waals surface area contributed by atoms with Crippen LogP contribution in [0.3, 0.4) is 0 Å². The lowest BCUT2D eigenvalue weighted by Gasteiger charge is -2.10. The Morgan fingerprint density at radius 3 is 2.00 bits per heavy atom. The van der Waals surface area contributed by atoms with Crippen molar-refractivity contribution in [3.8, 4) is 11.5 Å². The van der Waals surface area contributed by atoms with Gasteiger partial charge in [-0.25, -0.2) is 9.18 Å². The number of allylic oxidation sites excluding steroid dienone is 4. The molecule has 0 bridgehead atoms. The number of rotatable bonds is 11. The molecule has 4 heteroatoms. The molecule has 0 saturated carbocycles. The van der Waals surface area contributed by atoms with Crippen LogP contribution in [0.15, 0.2) is 91.0 Å². The molecule has 0 saturated heterocycles. The Morgan fingerprint density at radius 1 is 0.794 bits per heavy atom. The predicted octanol–water partition coefficient (Wildman–Crippen LogP) is 7.64. The van der Waals surface area contributed by atoms with Crippen LogP contribution >= 0.6 is 0 Å². The van der Waals surface area contributed by atoms with E-state index in [0.717, 1.165) is 36.8 Å². The van der Waals surface area contributed by atoms with Gasteiger partial charge in [0.1, 0.15) is 12.4 Å². The number of esters is 1. The molecule has 0 aliphatic heterocycles. The van der Waals surface area contributed by atoms with E-state index in [1.807, 2.05) is 44.2 Å². The minimum Gasteiger partial charge on any atom is -0.486 e. The summed E-state index contributed by atoms with van der Waals surface area (Å²) in [6.07, 6.45) is 11.8. The first-order valence-electron chi connectivity index (χ1n) is 11.6. The van der Waals surface area contributed by atoms with Crippen molar-refractivity contribution in [2.45, 2.75) is 46.1 Å². The van der Waals surface area contributed by atoms with Crippen molar-refractivity contribution in [3.05, 3.63) is 119 Å². The molecular formula is C30H31FO3. The first kappa shape index (κ1) is 25.0. The predicted molar refractivity (Wildman–Crippen MR) is 135 cm³/mol. The van der Waals surface area contributed by atoms with Crippen LogP contribution in [0.1, 0.15) is 53.7 Å². The summed E-state index contributed by atoms with van der Waals surface area (Å²) in [5.74, 6) is -0.0982. The molecule has 0 aliphatic rings. The molecule has 0 unspecified atom stereocenters. The topological polar surface area (TPSA) is 35.5 Å². The van der Waals surface area contributed by atoms with Crippen molar-refractivity contribution >= 4 is 5.97 Å². The SMILES string of the molecule is C/C=C/CCc1ccc(C(=O)Oc2ccc(COc3ccc(CC/C=C/C)cc3F)cc2)cc1. The number of benzene rings is 3. The van der Waals surface area contributed by atoms with E-state index in [9.17, 15) is 9.18 Å². The van der Waals surface area contributed by atoms with Crippen molar-refractivity contribution < 1.29 is 18.7 Å². The number of carbonyl (C=O) groups excluding carboxylic acids is 1. The van der Waals surface area contributed by atoms with Crippen LogP contribution in [-0.2, 0) is 19.4 Å². The molecule has 34 heavy (non-hydrogen) atoms. The van der Waals surface area contributed by atoms with E-state index >= 15 is 0 Å². The standard InChI is InChI=1S/C30H31FO3/c1-3-5-7-9-23-11-16-26(17-12-23)30(32)34-27-18-13-25(14-19-27)22-33-29-20-15-24(21-28(29)31)10-8-6-4-2/h3-6,11-21H,7-10,22H2,1-2H3/b5-3+,6-4+. The molecule has 3 aromatic rings. The normalized spacial score (nSPS) is 11.3. The van der Waals surface area contributed by atoms with Gasteiger partial charge in [-0.15, -0.1) is 0 Å². The summed E-state index contributed by atoms with van der Waals surface area (Å²) in [5, 5.41) is 0. The van der Waals surface area contributed by atoms with E-state index in [4.69, 9.17) is 9.47 Å². The Kier molecular flexibility index (Phi) is 9.65. The molecule has 176 valence electrons. The number of ether oxygens (including phenoxy) is 2. The maximum atomic E-state index is 14.3. The van der Waals surface area contributed by atoms with Gasteiger partial charge in [-0.2, -0.15) is 0 Å². The van der Waals surface area contributed by atoms with Gasteiger partial charge in [0.05, 0.1) is 5.56 Å². The molecule has 0 heterocycles. The molecular weight excluding hydrogens is 427 g/mol. The lowest BCUT2D eigenvalue weighted by molar-refractivity contribution is 0.0734. The maximum Gasteiger partial charge on any atom is 0.343 e. The van der Waals surface area contributed by atoms with Gasteiger partial charge in [0.25, 0.3) is 0 Å². The second-order valence-corrected chi connectivity index (χ2v) is 8.00. The van der Waals surface area contributed by atoms with Crippen molar-refractivity contribution in [3.63, 3.8) is 0 Å². The highest BCUT2D eigenvalue weighted by atomic mass is 19.1. The zero-order valence-electron chi connectivity index (χ0n) is 19.8. The van der Waals surface area contributed by atoms with Gasteiger partial charge in [0, 0.05) is 0 Å². The second kappa shape index (κ2) is 13.1. The Labute approximate surface area is 201 Å². The van der Waals surface area contributed by atoms with E-state index in [-0.39, 0.29) is 18.2 Å². The largest absolute Gasteiger partial charge is 0.486 e. The van der Waals surface area contributed by atoms with Crippen molar-refractivity contribution in [2.75, 3.05) is 0 Å². The smallest absolute Gasteiger partial charge is 0.343 e. The fourth-order valence-electron chi connectivity index (χ4n) is 3.44. The van der Waals surface area contributed by atoms with E-state index in [1.54, 1.807) is 42.5 Å². The highest BCUT2D eigenvalue weighted by molar-refractivity contribution is 5.91. The summed E-state index contributed by atoms with van der Waals surface area (Å²) < 4.78 is 25.4. The van der Waals surface area contributed by atoms with Gasteiger partial charge < -0.3 is 9.47 Å². The number of carbonyl (C=O) groups is 1. The van der Waals surface area contributed by atoms with Crippen LogP contribution in [0.4, 0.5) is 4.39 Å². The minimum atomic E-state index is -0.402. The number of hydrogen-bond acceptors (Lipinski definition) is 3. The van der Waals surface area contributed by atoms with Crippen LogP contribution < -0.4 is 9.47 Å². The Balaban J connectivity index is 1.50. The molecule has 0 aromatic heterocycles. The van der Waals surface area contributed by atoms with Crippen LogP contribution in [0.5, 0.6) is 11.5 Å². The third-order valence-electron chi connectivity index (χ3n) is 5.38. The van der Waals surface area contributed by atoms with Crippen LogP contribution in [0.2, 0.25) is 0 Å². The van der Waals surface area contributed by atoms with E-state index in [2.05, 4.69) is 12.2 Å². The first-order valence-corrected chi connectivity index (χ1v) is 11.6. The Hall–Kier alpha value is -3.66. The van der Waals surface area contributed by atoms with Crippen LogP contribution in [0, 0.1) is 5.82 Å². The Bertz CT molecular complexity index is 1110. The molecule has 3 aromatic carbocycles. The van der Waals surface area contributed by atoms with Crippen molar-refractivity contribution in [1.82, 2.24) is 0 Å². The van der Waals surface area contributed by atoms with E-state index < -0.39 is 5.97 Å². The summed E-state index contributed by atoms with van der Waals surface area (Å²) in [7, 11) is 0. The highest BCUT2D eigenvalue weighted by Crippen LogP contribution is 2.22. The second-order valence-electron chi connectivity index (χ2n) is 8.00. The number of hydrogen-bond donors (Lipinski definition) is 0. The number of halogens is 1. The third kappa shape index (κ3) is 7.73. The van der Waals surface area contributed by atoms with Crippen molar-refractivity contribution in [1.29, 1.82) is 0 Å². The molecule has 3 rings (SSSR count). The summed E-state index contributed by atoms with van der Waals surface area (Å²) in [5.41, 5.74) is 3.48. The lowest BCUT2D eigenvalue weighted by atomic mass is 10.1. The first-order chi connectivity index (χ1) is 16.6. The van der Waals surface area contributed by atoms with Gasteiger partial charge in [0.2, 0.25) is 0 Å². The van der Waals surface area contributed by atoms with Gasteiger partial charge in [-0.1, -0.05) is 54.6 Å². The zero-order valence-corrected chi connectivity index (χ0v) is 19.8. The molecule has 0 spiro atoms. The quantitative estimate of drug-likeness (QED) is 0.168. The summed E-state index contributed by atoms with van der Waals surface area (Å²) >= 11 is 0. The van der Waals surface area contributed by atoms with Crippen LogP contribution in [-0.4, -0.2) is 5.97 Å². The Morgan fingerprint density at radius 2 is 1.38 bits per heavy atom. The molecule has 0 N–H and O–H groups in total. The minimum absolute atomic E-state index is 0.220. The van der Waals surface area contributed by atoms with Crippen molar-refractivity contribution in [2.24, 2.45) is 0 Å². The third-order valence-corrected chi connectivity index (χ3v) is 5.38. The summed E-state index contributed by atoms with van der Waals surface area (Å²) in [6, 6.07) is 19.6. The van der Waals surface area contributed by atoms with Gasteiger partial charge in [-0.3, -0.25) is 0 Å². The van der Waals surface area contributed by atoms with Gasteiger partial charge >= 0.3 is 5.97 Å². The van der Waals surface area contributed by atoms with Gasteiger partial charge in [-0.05, 0) is 92.6 Å². The molecule has 0 fully saturated rings. The van der Waals surface area contributed by atoms with Gasteiger partial charge in [0.15, 0.2) is 11.6 Å². The average molecular weight is 459 g/mol. The fraction of sp³-hybridized carbons (Fsp3) is 0.233.